The van der Waals surface area contributed by atoms with Crippen LogP contribution in [0.15, 0.2) is 10.6 Å². The molecule has 5 heterocycles. The third kappa shape index (κ3) is 3.22. The van der Waals surface area contributed by atoms with Crippen LogP contribution in [-0.2, 0) is 35.0 Å². The molecule has 4 aliphatic heterocycles. The molecule has 0 aliphatic carbocycles. The number of rotatable bonds is 3. The van der Waals surface area contributed by atoms with Gasteiger partial charge in [0.25, 0.3) is 5.91 Å². The van der Waals surface area contributed by atoms with E-state index in [1.54, 1.807) is 24.8 Å². The number of hydrogen-bond donors (Lipinski definition) is 2. The second kappa shape index (κ2) is 8.19. The number of fused-ring (bicyclic) bond motifs is 5. The van der Waals surface area contributed by atoms with Crippen molar-refractivity contribution in [3.05, 3.63) is 17.4 Å². The number of anilines is 2. The molecule has 5 amide bonds. The van der Waals surface area contributed by atoms with Crippen molar-refractivity contribution < 1.29 is 42.3 Å². The molecule has 1 aromatic carbocycles. The van der Waals surface area contributed by atoms with Crippen molar-refractivity contribution in [2.45, 2.75) is 44.7 Å². The average Bonchev–Trinajstić information content (AvgIpc) is 3.40. The van der Waals surface area contributed by atoms with Gasteiger partial charge < -0.3 is 23.6 Å². The van der Waals surface area contributed by atoms with E-state index >= 15 is 4.39 Å². The molecule has 13 nitrogen and oxygen atoms in total. The highest BCUT2D eigenvalue weighted by atomic mass is 19.1. The minimum absolute atomic E-state index is 0.0360. The maximum atomic E-state index is 16.2. The van der Waals surface area contributed by atoms with Crippen molar-refractivity contribution in [2.24, 2.45) is 5.41 Å². The van der Waals surface area contributed by atoms with Gasteiger partial charge in [0.05, 0.1) is 35.9 Å². The van der Waals surface area contributed by atoms with Crippen LogP contribution in [0.3, 0.4) is 0 Å². The summed E-state index contributed by atoms with van der Waals surface area (Å²) >= 11 is 0. The van der Waals surface area contributed by atoms with Gasteiger partial charge in [-0.2, -0.15) is 0 Å². The van der Waals surface area contributed by atoms with Crippen molar-refractivity contribution in [1.29, 1.82) is 0 Å². The number of nitrogens with one attached hydrogen (secondary N) is 2. The Morgan fingerprint density at radius 1 is 1.22 bits per heavy atom. The standard InChI is InChI=1S/C23H24FN5O8/c1-9-6-28-16-11(5-23(18(28)10(2)36-9)20(31)25-22(33)26-21(23)32)4-12-17(15(16)24)37-27-19(12)29-13(30)7-35-14(29)8-34-3/h4,9-10,14,18H,5-8H2,1-3H3,(H2,25,26,31,32,33)/t9-,10+,14-,18-/m1/s1. The molecule has 14 heteroatoms. The van der Waals surface area contributed by atoms with Gasteiger partial charge in [-0.05, 0) is 25.5 Å². The van der Waals surface area contributed by atoms with Crippen molar-refractivity contribution in [2.75, 3.05) is 36.7 Å². The molecule has 3 saturated heterocycles. The topological polar surface area (TPSA) is 153 Å². The largest absolute Gasteiger partial charge is 0.380 e. The number of urea groups is 1. The number of hydrogen-bond acceptors (Lipinski definition) is 10. The van der Waals surface area contributed by atoms with E-state index in [-0.39, 0.29) is 54.8 Å². The number of imide groups is 2. The molecular weight excluding hydrogens is 493 g/mol. The predicted molar refractivity (Wildman–Crippen MR) is 122 cm³/mol. The van der Waals surface area contributed by atoms with E-state index in [1.807, 2.05) is 0 Å². The van der Waals surface area contributed by atoms with E-state index in [0.717, 1.165) is 0 Å². The van der Waals surface area contributed by atoms with Gasteiger partial charge in [0, 0.05) is 20.1 Å². The van der Waals surface area contributed by atoms with Crippen molar-refractivity contribution in [3.8, 4) is 0 Å². The van der Waals surface area contributed by atoms with Crippen LogP contribution in [0.25, 0.3) is 11.0 Å². The van der Waals surface area contributed by atoms with Gasteiger partial charge in [0.15, 0.2) is 23.3 Å². The molecule has 0 radical (unpaired) electrons. The number of carbonyl (C=O) groups is 4. The summed E-state index contributed by atoms with van der Waals surface area (Å²) in [5, 5.41) is 8.54. The summed E-state index contributed by atoms with van der Waals surface area (Å²) in [7, 11) is 1.45. The average molecular weight is 517 g/mol. The Morgan fingerprint density at radius 2 is 1.95 bits per heavy atom. The fourth-order valence-corrected chi connectivity index (χ4v) is 6.10. The summed E-state index contributed by atoms with van der Waals surface area (Å²) in [6, 6.07) is -0.261. The normalized spacial score (nSPS) is 29.0. The van der Waals surface area contributed by atoms with Crippen molar-refractivity contribution in [1.82, 2.24) is 15.8 Å². The Hall–Kier alpha value is -3.62. The molecular formula is C23H24FN5O8. The van der Waals surface area contributed by atoms with Gasteiger partial charge in [0.1, 0.15) is 6.61 Å². The number of ether oxygens (including phenoxy) is 3. The van der Waals surface area contributed by atoms with Crippen molar-refractivity contribution >= 4 is 46.2 Å². The van der Waals surface area contributed by atoms with E-state index in [0.29, 0.717) is 5.56 Å². The minimum atomic E-state index is -1.77. The number of aromatic nitrogens is 1. The van der Waals surface area contributed by atoms with Gasteiger partial charge in [-0.3, -0.25) is 29.9 Å². The second-order valence-electron chi connectivity index (χ2n) is 9.70. The zero-order chi connectivity index (χ0) is 26.2. The highest BCUT2D eigenvalue weighted by Gasteiger charge is 2.63. The molecule has 0 saturated carbocycles. The van der Waals surface area contributed by atoms with Crippen LogP contribution in [0.1, 0.15) is 19.4 Å². The fourth-order valence-electron chi connectivity index (χ4n) is 6.10. The third-order valence-electron chi connectivity index (χ3n) is 7.44. The smallest absolute Gasteiger partial charge is 0.328 e. The number of carbonyl (C=O) groups excluding carboxylic acids is 4. The van der Waals surface area contributed by atoms with Gasteiger partial charge in [-0.1, -0.05) is 5.16 Å². The number of benzene rings is 1. The van der Waals surface area contributed by atoms with E-state index in [1.165, 1.54) is 12.0 Å². The summed E-state index contributed by atoms with van der Waals surface area (Å²) in [5.74, 6) is -2.69. The molecule has 2 aromatic rings. The summed E-state index contributed by atoms with van der Waals surface area (Å²) in [6.07, 6.45) is -2.02. The fraction of sp³-hybridized carbons (Fsp3) is 0.522. The van der Waals surface area contributed by atoms with Crippen LogP contribution in [0.5, 0.6) is 0 Å². The molecule has 4 aliphatic rings. The molecule has 196 valence electrons. The highest BCUT2D eigenvalue weighted by Crippen LogP contribution is 2.50. The Morgan fingerprint density at radius 3 is 2.65 bits per heavy atom. The predicted octanol–water partition coefficient (Wildman–Crippen LogP) is 0.193. The molecule has 0 unspecified atom stereocenters. The lowest BCUT2D eigenvalue weighted by molar-refractivity contribution is -0.153. The quantitative estimate of drug-likeness (QED) is 0.540. The summed E-state index contributed by atoms with van der Waals surface area (Å²) in [4.78, 5) is 54.0. The third-order valence-corrected chi connectivity index (χ3v) is 7.44. The van der Waals surface area contributed by atoms with Crippen molar-refractivity contribution in [3.63, 3.8) is 0 Å². The monoisotopic (exact) mass is 517 g/mol. The Kier molecular flexibility index (Phi) is 5.26. The Bertz CT molecular complexity index is 1340. The minimum Gasteiger partial charge on any atom is -0.380 e. The SMILES string of the molecule is COC[C@H]1OCC(=O)N1c1noc2c(F)c3c(cc12)CC1(C(=O)NC(=O)NC1=O)[C@H]1[C@H](C)O[C@H](C)CN31. The van der Waals surface area contributed by atoms with Crippen LogP contribution in [-0.4, -0.2) is 80.3 Å². The first kappa shape index (κ1) is 23.8. The van der Waals surface area contributed by atoms with Gasteiger partial charge in [-0.25, -0.2) is 9.18 Å². The molecule has 1 aromatic heterocycles. The molecule has 37 heavy (non-hydrogen) atoms. The lowest BCUT2D eigenvalue weighted by atomic mass is 9.66. The maximum absolute atomic E-state index is 16.2. The zero-order valence-electron chi connectivity index (χ0n) is 20.2. The van der Waals surface area contributed by atoms with Gasteiger partial charge in [-0.15, -0.1) is 0 Å². The van der Waals surface area contributed by atoms with Gasteiger partial charge >= 0.3 is 6.03 Å². The number of methoxy groups -OCH3 is 1. The maximum Gasteiger partial charge on any atom is 0.328 e. The molecule has 1 spiro atoms. The first-order chi connectivity index (χ1) is 17.7. The first-order valence-electron chi connectivity index (χ1n) is 11.8. The number of morpholine rings is 1. The lowest BCUT2D eigenvalue weighted by Gasteiger charge is -2.55. The van der Waals surface area contributed by atoms with E-state index in [2.05, 4.69) is 15.8 Å². The summed E-state index contributed by atoms with van der Waals surface area (Å²) in [5.41, 5.74) is -1.48. The zero-order valence-corrected chi connectivity index (χ0v) is 20.2. The molecule has 0 bridgehead atoms. The summed E-state index contributed by atoms with van der Waals surface area (Å²) < 4.78 is 38.1. The molecule has 3 fully saturated rings. The van der Waals surface area contributed by atoms with Crippen LogP contribution in [0.4, 0.5) is 20.7 Å². The number of barbiturate groups is 1. The molecule has 2 N–H and O–H groups in total. The van der Waals surface area contributed by atoms with E-state index in [4.69, 9.17) is 18.7 Å². The Labute approximate surface area is 209 Å². The lowest BCUT2D eigenvalue weighted by Crippen LogP contribution is -2.75. The second-order valence-corrected chi connectivity index (χ2v) is 9.70. The number of amides is 5. The Balaban J connectivity index is 1.55. The van der Waals surface area contributed by atoms with Crippen LogP contribution < -0.4 is 20.4 Å². The van der Waals surface area contributed by atoms with Crippen LogP contribution >= 0.6 is 0 Å². The van der Waals surface area contributed by atoms with Crippen LogP contribution in [0.2, 0.25) is 0 Å². The number of halogens is 1. The summed E-state index contributed by atoms with van der Waals surface area (Å²) in [6.45, 7) is 3.52. The van der Waals surface area contributed by atoms with E-state index in [9.17, 15) is 19.2 Å². The van der Waals surface area contributed by atoms with Gasteiger partial charge in [0.2, 0.25) is 17.4 Å². The molecule has 4 atom stereocenters. The highest BCUT2D eigenvalue weighted by molar-refractivity contribution is 6.20. The van der Waals surface area contributed by atoms with Crippen LogP contribution in [0, 0.1) is 11.2 Å². The number of nitrogens with zero attached hydrogens (tertiary/aromatic N) is 3. The first-order valence-corrected chi connectivity index (χ1v) is 11.8. The molecule has 6 rings (SSSR count). The van der Waals surface area contributed by atoms with E-state index < -0.39 is 53.4 Å².